The summed E-state index contributed by atoms with van der Waals surface area (Å²) >= 11 is 0. The Kier molecular flexibility index (Phi) is 2.54. The molecule has 2 nitrogen and oxygen atoms in total. The summed E-state index contributed by atoms with van der Waals surface area (Å²) in [6.45, 7) is 3.52. The Morgan fingerprint density at radius 1 is 1.38 bits per heavy atom. The van der Waals surface area contributed by atoms with Crippen LogP contribution >= 0.6 is 0 Å². The maximum Gasteiger partial charge on any atom is 0.451 e. The van der Waals surface area contributed by atoms with Gasteiger partial charge in [-0.15, -0.1) is 0 Å². The van der Waals surface area contributed by atoms with Gasteiger partial charge in [-0.25, -0.2) is 9.97 Å². The smallest absolute Gasteiger partial charge is 0.229 e. The SMILES string of the molecule is CC(C)c1c[c]nc(C(F)(F)F)n1. The second-order valence-corrected chi connectivity index (χ2v) is 2.90. The normalized spacial score (nSPS) is 12.2. The van der Waals surface area contributed by atoms with Gasteiger partial charge < -0.3 is 0 Å². The fourth-order valence-electron chi connectivity index (χ4n) is 0.762. The van der Waals surface area contributed by atoms with Crippen molar-refractivity contribution in [3.8, 4) is 0 Å². The van der Waals surface area contributed by atoms with E-state index in [4.69, 9.17) is 0 Å². The van der Waals surface area contributed by atoms with Gasteiger partial charge in [0.2, 0.25) is 5.82 Å². The molecule has 71 valence electrons. The molecule has 0 saturated carbocycles. The molecule has 0 fully saturated rings. The molecule has 0 amide bonds. The second kappa shape index (κ2) is 3.32. The molecule has 0 aliphatic carbocycles. The first kappa shape index (κ1) is 9.95. The van der Waals surface area contributed by atoms with E-state index in [1.807, 2.05) is 0 Å². The van der Waals surface area contributed by atoms with Crippen LogP contribution in [0.15, 0.2) is 6.07 Å². The summed E-state index contributed by atoms with van der Waals surface area (Å²) in [6.07, 6.45) is -2.30. The lowest BCUT2D eigenvalue weighted by Crippen LogP contribution is -2.12. The van der Waals surface area contributed by atoms with E-state index in [2.05, 4.69) is 16.2 Å². The first-order valence-corrected chi connectivity index (χ1v) is 3.73. The summed E-state index contributed by atoms with van der Waals surface area (Å²) in [6, 6.07) is 1.36. The van der Waals surface area contributed by atoms with Crippen molar-refractivity contribution < 1.29 is 13.2 Å². The third-order valence-corrected chi connectivity index (χ3v) is 1.46. The number of hydrogen-bond donors (Lipinski definition) is 0. The summed E-state index contributed by atoms with van der Waals surface area (Å²) in [5.41, 5.74) is 0.349. The maximum absolute atomic E-state index is 12.1. The zero-order valence-corrected chi connectivity index (χ0v) is 7.18. The zero-order chi connectivity index (χ0) is 10.1. The summed E-state index contributed by atoms with van der Waals surface area (Å²) in [5.74, 6) is -1.18. The standard InChI is InChI=1S/C8H8F3N2/c1-5(2)6-3-4-12-7(13-6)8(9,10)11/h3,5H,1-2H3. The van der Waals surface area contributed by atoms with Crippen molar-refractivity contribution in [2.45, 2.75) is 25.9 Å². The van der Waals surface area contributed by atoms with E-state index in [1.54, 1.807) is 13.8 Å². The first-order valence-electron chi connectivity index (χ1n) is 3.73. The van der Waals surface area contributed by atoms with Crippen LogP contribution in [-0.2, 0) is 6.18 Å². The molecular weight excluding hydrogens is 181 g/mol. The monoisotopic (exact) mass is 189 g/mol. The highest BCUT2D eigenvalue weighted by molar-refractivity contribution is 5.07. The van der Waals surface area contributed by atoms with Gasteiger partial charge in [0, 0.05) is 5.69 Å². The van der Waals surface area contributed by atoms with Gasteiger partial charge in [-0.1, -0.05) is 13.8 Å². The van der Waals surface area contributed by atoms with E-state index < -0.39 is 12.0 Å². The molecule has 0 atom stereocenters. The van der Waals surface area contributed by atoms with Crippen LogP contribution in [0.5, 0.6) is 0 Å². The number of aromatic nitrogens is 2. The summed E-state index contributed by atoms with van der Waals surface area (Å²) in [4.78, 5) is 6.41. The first-order chi connectivity index (χ1) is 5.91. The highest BCUT2D eigenvalue weighted by Gasteiger charge is 2.34. The molecule has 1 heterocycles. The fraction of sp³-hybridized carbons (Fsp3) is 0.500. The average Bonchev–Trinajstić information content (AvgIpc) is 2.03. The maximum atomic E-state index is 12.1. The van der Waals surface area contributed by atoms with Gasteiger partial charge in [-0.3, -0.25) is 0 Å². The molecule has 0 unspecified atom stereocenters. The van der Waals surface area contributed by atoms with Gasteiger partial charge in [0.05, 0.1) is 6.20 Å². The third-order valence-electron chi connectivity index (χ3n) is 1.46. The van der Waals surface area contributed by atoms with Crippen molar-refractivity contribution in [2.75, 3.05) is 0 Å². The summed E-state index contributed by atoms with van der Waals surface area (Å²) < 4.78 is 36.3. The lowest BCUT2D eigenvalue weighted by atomic mass is 10.1. The van der Waals surface area contributed by atoms with Gasteiger partial charge in [0.25, 0.3) is 0 Å². The van der Waals surface area contributed by atoms with Crippen molar-refractivity contribution in [3.05, 3.63) is 23.8 Å². The average molecular weight is 189 g/mol. The highest BCUT2D eigenvalue weighted by Crippen LogP contribution is 2.26. The highest BCUT2D eigenvalue weighted by atomic mass is 19.4. The molecule has 0 aromatic carbocycles. The third kappa shape index (κ3) is 2.40. The van der Waals surface area contributed by atoms with Crippen LogP contribution in [0.1, 0.15) is 31.3 Å². The molecular formula is C8H8F3N2. The molecule has 1 rings (SSSR count). The van der Waals surface area contributed by atoms with E-state index in [1.165, 1.54) is 6.07 Å². The van der Waals surface area contributed by atoms with Crippen LogP contribution < -0.4 is 0 Å². The lowest BCUT2D eigenvalue weighted by molar-refractivity contribution is -0.145. The molecule has 1 aromatic rings. The number of rotatable bonds is 1. The molecule has 0 aliphatic rings. The molecule has 0 aliphatic heterocycles. The van der Waals surface area contributed by atoms with E-state index in [0.717, 1.165) is 0 Å². The van der Waals surface area contributed by atoms with Crippen molar-refractivity contribution in [1.82, 2.24) is 9.97 Å². The molecule has 1 radical (unpaired) electrons. The number of alkyl halides is 3. The van der Waals surface area contributed by atoms with Crippen LogP contribution in [0.25, 0.3) is 0 Å². The number of hydrogen-bond acceptors (Lipinski definition) is 2. The van der Waals surface area contributed by atoms with Crippen LogP contribution in [-0.4, -0.2) is 9.97 Å². The van der Waals surface area contributed by atoms with E-state index in [9.17, 15) is 13.2 Å². The molecule has 13 heavy (non-hydrogen) atoms. The fourth-order valence-corrected chi connectivity index (χ4v) is 0.762. The minimum absolute atomic E-state index is 0.0552. The number of halogens is 3. The van der Waals surface area contributed by atoms with Crippen molar-refractivity contribution in [2.24, 2.45) is 0 Å². The molecule has 5 heteroatoms. The van der Waals surface area contributed by atoms with Crippen LogP contribution in [0.3, 0.4) is 0 Å². The Balaban J connectivity index is 3.06. The Morgan fingerprint density at radius 2 is 2.00 bits per heavy atom. The topological polar surface area (TPSA) is 25.8 Å². The Labute approximate surface area is 73.8 Å². The van der Waals surface area contributed by atoms with E-state index in [-0.39, 0.29) is 5.92 Å². The van der Waals surface area contributed by atoms with Gasteiger partial charge >= 0.3 is 6.18 Å². The van der Waals surface area contributed by atoms with Crippen molar-refractivity contribution in [3.63, 3.8) is 0 Å². The Hall–Kier alpha value is -1.13. The van der Waals surface area contributed by atoms with E-state index >= 15 is 0 Å². The second-order valence-electron chi connectivity index (χ2n) is 2.90. The predicted molar refractivity (Wildman–Crippen MR) is 40.0 cm³/mol. The van der Waals surface area contributed by atoms with E-state index in [0.29, 0.717) is 5.69 Å². The van der Waals surface area contributed by atoms with Crippen LogP contribution in [0, 0.1) is 6.20 Å². The molecule has 0 spiro atoms. The predicted octanol–water partition coefficient (Wildman–Crippen LogP) is 2.42. The van der Waals surface area contributed by atoms with Crippen LogP contribution in [0.2, 0.25) is 0 Å². The van der Waals surface area contributed by atoms with Gasteiger partial charge in [-0.2, -0.15) is 13.2 Å². The van der Waals surface area contributed by atoms with Crippen molar-refractivity contribution in [1.29, 1.82) is 0 Å². The molecule has 1 aromatic heterocycles. The molecule has 0 N–H and O–H groups in total. The molecule has 0 saturated heterocycles. The minimum atomic E-state index is -4.48. The van der Waals surface area contributed by atoms with Crippen LogP contribution in [0.4, 0.5) is 13.2 Å². The molecule has 0 bridgehead atoms. The van der Waals surface area contributed by atoms with Gasteiger partial charge in [0.15, 0.2) is 0 Å². The van der Waals surface area contributed by atoms with Gasteiger partial charge in [0.1, 0.15) is 0 Å². The number of nitrogens with zero attached hydrogens (tertiary/aromatic N) is 2. The lowest BCUT2D eigenvalue weighted by Gasteiger charge is -2.07. The van der Waals surface area contributed by atoms with Crippen molar-refractivity contribution >= 4 is 0 Å². The largest absolute Gasteiger partial charge is 0.451 e. The minimum Gasteiger partial charge on any atom is -0.229 e. The summed E-state index contributed by atoms with van der Waals surface area (Å²) in [5, 5.41) is 0. The quantitative estimate of drug-likeness (QED) is 0.678. The summed E-state index contributed by atoms with van der Waals surface area (Å²) in [7, 11) is 0. The Morgan fingerprint density at radius 3 is 2.46 bits per heavy atom. The van der Waals surface area contributed by atoms with Gasteiger partial charge in [-0.05, 0) is 12.0 Å². The zero-order valence-electron chi connectivity index (χ0n) is 7.18. The Bertz CT molecular complexity index is 294.